The summed E-state index contributed by atoms with van der Waals surface area (Å²) in [6, 6.07) is 1.68. The molecule has 0 saturated heterocycles. The summed E-state index contributed by atoms with van der Waals surface area (Å²) >= 11 is 5.69. The van der Waals surface area contributed by atoms with Crippen LogP contribution in [0.5, 0.6) is 0 Å². The van der Waals surface area contributed by atoms with E-state index in [1.54, 1.807) is 12.1 Å². The molecule has 2 nitrogen and oxygen atoms in total. The Bertz CT molecular complexity index is 244. The van der Waals surface area contributed by atoms with Gasteiger partial charge in [-0.05, 0) is 24.1 Å². The second kappa shape index (κ2) is 3.60. The predicted molar refractivity (Wildman–Crippen MR) is 45.5 cm³/mol. The van der Waals surface area contributed by atoms with E-state index in [2.05, 4.69) is 6.58 Å². The fourth-order valence-electron chi connectivity index (χ4n) is 0.877. The Labute approximate surface area is 70.6 Å². The second-order valence-corrected chi connectivity index (χ2v) is 2.62. The first kappa shape index (κ1) is 8.37. The average molecular weight is 172 g/mol. The number of halogens is 1. The van der Waals surface area contributed by atoms with Crippen LogP contribution in [-0.2, 0) is 0 Å². The van der Waals surface area contributed by atoms with Crippen molar-refractivity contribution in [3.63, 3.8) is 0 Å². The molecule has 60 valence electrons. The van der Waals surface area contributed by atoms with Crippen molar-refractivity contribution in [1.82, 2.24) is 0 Å². The Hall–Kier alpha value is -0.730. The minimum Gasteiger partial charge on any atom is -0.453 e. The topological polar surface area (TPSA) is 39.2 Å². The molecule has 0 radical (unpaired) electrons. The van der Waals surface area contributed by atoms with Crippen molar-refractivity contribution >= 4 is 11.6 Å². The standard InChI is InChI=1S/C8H10ClNO/c1-2-3-7(10)6-4-5-11-8(6)9/h2,4-5,7H,1,3,10H2. The molecule has 0 bridgehead atoms. The Morgan fingerprint density at radius 2 is 2.55 bits per heavy atom. The summed E-state index contributed by atoms with van der Waals surface area (Å²) in [4.78, 5) is 0. The highest BCUT2D eigenvalue weighted by atomic mass is 35.5. The van der Waals surface area contributed by atoms with Gasteiger partial charge in [0.1, 0.15) is 0 Å². The van der Waals surface area contributed by atoms with Gasteiger partial charge < -0.3 is 10.2 Å². The zero-order chi connectivity index (χ0) is 8.27. The molecular weight excluding hydrogens is 162 g/mol. The van der Waals surface area contributed by atoms with Crippen LogP contribution in [-0.4, -0.2) is 0 Å². The van der Waals surface area contributed by atoms with E-state index < -0.39 is 0 Å². The quantitative estimate of drug-likeness (QED) is 0.710. The van der Waals surface area contributed by atoms with Gasteiger partial charge in [0.15, 0.2) is 5.22 Å². The van der Waals surface area contributed by atoms with Gasteiger partial charge in [-0.1, -0.05) is 6.08 Å². The zero-order valence-electron chi connectivity index (χ0n) is 6.09. The third-order valence-electron chi connectivity index (χ3n) is 1.47. The highest BCUT2D eigenvalue weighted by Crippen LogP contribution is 2.24. The molecule has 1 heterocycles. The van der Waals surface area contributed by atoms with Crippen LogP contribution in [0.1, 0.15) is 18.0 Å². The summed E-state index contributed by atoms with van der Waals surface area (Å²) in [6.45, 7) is 3.59. The molecular formula is C8H10ClNO. The molecule has 1 aromatic heterocycles. The summed E-state index contributed by atoms with van der Waals surface area (Å²) in [5, 5.41) is 0.374. The minimum atomic E-state index is -0.0984. The lowest BCUT2D eigenvalue weighted by atomic mass is 10.1. The van der Waals surface area contributed by atoms with E-state index in [1.807, 2.05) is 0 Å². The molecule has 2 N–H and O–H groups in total. The van der Waals surface area contributed by atoms with Crippen LogP contribution in [0.25, 0.3) is 0 Å². The molecule has 0 saturated carbocycles. The third-order valence-corrected chi connectivity index (χ3v) is 1.77. The maximum Gasteiger partial charge on any atom is 0.197 e. The average Bonchev–Trinajstić information content (AvgIpc) is 2.36. The van der Waals surface area contributed by atoms with E-state index in [0.29, 0.717) is 11.6 Å². The number of hydrogen-bond donors (Lipinski definition) is 1. The van der Waals surface area contributed by atoms with Crippen LogP contribution in [0.3, 0.4) is 0 Å². The maximum absolute atomic E-state index is 5.74. The molecule has 1 unspecified atom stereocenters. The molecule has 0 fully saturated rings. The van der Waals surface area contributed by atoms with Gasteiger partial charge in [0.25, 0.3) is 0 Å². The fraction of sp³-hybridized carbons (Fsp3) is 0.250. The van der Waals surface area contributed by atoms with Crippen LogP contribution in [0.4, 0.5) is 0 Å². The van der Waals surface area contributed by atoms with Gasteiger partial charge in [-0.25, -0.2) is 0 Å². The maximum atomic E-state index is 5.74. The number of nitrogens with two attached hydrogens (primary N) is 1. The zero-order valence-corrected chi connectivity index (χ0v) is 6.84. The fourth-order valence-corrected chi connectivity index (χ4v) is 1.13. The minimum absolute atomic E-state index is 0.0984. The van der Waals surface area contributed by atoms with Gasteiger partial charge in [-0.3, -0.25) is 0 Å². The largest absolute Gasteiger partial charge is 0.453 e. The van der Waals surface area contributed by atoms with Gasteiger partial charge in [-0.15, -0.1) is 6.58 Å². The molecule has 0 spiro atoms. The monoisotopic (exact) mass is 171 g/mol. The van der Waals surface area contributed by atoms with Crippen molar-refractivity contribution in [3.05, 3.63) is 35.8 Å². The van der Waals surface area contributed by atoms with Gasteiger partial charge in [-0.2, -0.15) is 0 Å². The summed E-state index contributed by atoms with van der Waals surface area (Å²) < 4.78 is 4.88. The summed E-state index contributed by atoms with van der Waals surface area (Å²) in [5.41, 5.74) is 6.57. The second-order valence-electron chi connectivity index (χ2n) is 2.28. The number of furan rings is 1. The first-order chi connectivity index (χ1) is 5.25. The van der Waals surface area contributed by atoms with E-state index >= 15 is 0 Å². The van der Waals surface area contributed by atoms with Crippen LogP contribution >= 0.6 is 11.6 Å². The molecule has 0 amide bonds. The lowest BCUT2D eigenvalue weighted by molar-refractivity contribution is 0.561. The van der Waals surface area contributed by atoms with Crippen molar-refractivity contribution in [3.8, 4) is 0 Å². The van der Waals surface area contributed by atoms with E-state index in [0.717, 1.165) is 5.56 Å². The highest BCUT2D eigenvalue weighted by Gasteiger charge is 2.10. The predicted octanol–water partition coefficient (Wildman–Crippen LogP) is 2.51. The molecule has 0 aromatic carbocycles. The van der Waals surface area contributed by atoms with Crippen LogP contribution in [0.2, 0.25) is 5.22 Å². The van der Waals surface area contributed by atoms with Crippen LogP contribution in [0.15, 0.2) is 29.4 Å². The first-order valence-electron chi connectivity index (χ1n) is 3.35. The molecule has 1 rings (SSSR count). The number of rotatable bonds is 3. The van der Waals surface area contributed by atoms with E-state index in [-0.39, 0.29) is 6.04 Å². The molecule has 0 aliphatic heterocycles. The van der Waals surface area contributed by atoms with Crippen LogP contribution in [0, 0.1) is 0 Å². The Morgan fingerprint density at radius 1 is 1.82 bits per heavy atom. The van der Waals surface area contributed by atoms with Gasteiger partial charge in [0.2, 0.25) is 0 Å². The van der Waals surface area contributed by atoms with Crippen molar-refractivity contribution in [2.45, 2.75) is 12.5 Å². The third kappa shape index (κ3) is 1.85. The molecule has 0 aliphatic carbocycles. The normalized spacial score (nSPS) is 12.9. The summed E-state index contributed by atoms with van der Waals surface area (Å²) in [5.74, 6) is 0. The Balaban J connectivity index is 2.74. The molecule has 1 aromatic rings. The smallest absolute Gasteiger partial charge is 0.197 e. The first-order valence-corrected chi connectivity index (χ1v) is 3.73. The van der Waals surface area contributed by atoms with Crippen molar-refractivity contribution < 1.29 is 4.42 Å². The van der Waals surface area contributed by atoms with Crippen molar-refractivity contribution in [2.24, 2.45) is 5.73 Å². The summed E-state index contributed by atoms with van der Waals surface area (Å²) in [6.07, 6.45) is 3.99. The van der Waals surface area contributed by atoms with E-state index in [4.69, 9.17) is 21.8 Å². The SMILES string of the molecule is C=CCC(N)c1ccoc1Cl. The highest BCUT2D eigenvalue weighted by molar-refractivity contribution is 6.29. The lowest BCUT2D eigenvalue weighted by Crippen LogP contribution is -2.07. The van der Waals surface area contributed by atoms with Crippen molar-refractivity contribution in [1.29, 1.82) is 0 Å². The van der Waals surface area contributed by atoms with Gasteiger partial charge in [0, 0.05) is 11.6 Å². The molecule has 3 heteroatoms. The Morgan fingerprint density at radius 3 is 3.00 bits per heavy atom. The van der Waals surface area contributed by atoms with E-state index in [9.17, 15) is 0 Å². The molecule has 0 aliphatic rings. The van der Waals surface area contributed by atoms with Crippen molar-refractivity contribution in [2.75, 3.05) is 0 Å². The van der Waals surface area contributed by atoms with Gasteiger partial charge in [0.05, 0.1) is 6.26 Å². The van der Waals surface area contributed by atoms with Crippen LogP contribution < -0.4 is 5.73 Å². The number of hydrogen-bond acceptors (Lipinski definition) is 2. The Kier molecular flexibility index (Phi) is 2.74. The lowest BCUT2D eigenvalue weighted by Gasteiger charge is -2.04. The van der Waals surface area contributed by atoms with Gasteiger partial charge >= 0.3 is 0 Å². The molecule has 1 atom stereocenters. The van der Waals surface area contributed by atoms with E-state index in [1.165, 1.54) is 6.26 Å². The summed E-state index contributed by atoms with van der Waals surface area (Å²) in [7, 11) is 0. The molecule has 11 heavy (non-hydrogen) atoms.